The first-order valence-electron chi connectivity index (χ1n) is 20.1. The third kappa shape index (κ3) is 17.2. The highest BCUT2D eigenvalue weighted by atomic mass is 28.4. The molecule has 0 aliphatic rings. The van der Waals surface area contributed by atoms with E-state index in [1.165, 1.54) is 51.4 Å². The molecule has 2 aromatic carbocycles. The van der Waals surface area contributed by atoms with Crippen LogP contribution in [0.1, 0.15) is 143 Å². The molecule has 0 amide bonds. The molecule has 0 unspecified atom stereocenters. The molecule has 7 heteroatoms. The molecular weight excluding hydrogens is 665 g/mol. The lowest BCUT2D eigenvalue weighted by atomic mass is 9.98. The van der Waals surface area contributed by atoms with Gasteiger partial charge in [0.2, 0.25) is 8.32 Å². The number of carbonyl (C=O) groups excluding carboxylic acids is 1. The van der Waals surface area contributed by atoms with Gasteiger partial charge in [-0.15, -0.1) is 0 Å². The summed E-state index contributed by atoms with van der Waals surface area (Å²) in [5.74, 6) is 1.99. The number of rotatable bonds is 25. The Morgan fingerprint density at radius 2 is 1.18 bits per heavy atom. The van der Waals surface area contributed by atoms with Crippen molar-refractivity contribution in [3.63, 3.8) is 0 Å². The van der Waals surface area contributed by atoms with Crippen LogP contribution in [0.25, 0.3) is 0 Å². The average molecular weight is 741 g/mol. The summed E-state index contributed by atoms with van der Waals surface area (Å²) in [7, 11) is -2.23. The van der Waals surface area contributed by atoms with Gasteiger partial charge < -0.3 is 18.3 Å². The largest absolute Gasteiger partial charge is 0.544 e. The van der Waals surface area contributed by atoms with E-state index in [0.29, 0.717) is 25.9 Å². The monoisotopic (exact) mass is 741 g/mol. The first kappa shape index (κ1) is 45.2. The van der Waals surface area contributed by atoms with E-state index in [9.17, 15) is 4.79 Å². The molecule has 2 atom stereocenters. The highest BCUT2D eigenvalue weighted by molar-refractivity contribution is 6.75. The first-order chi connectivity index (χ1) is 23.9. The van der Waals surface area contributed by atoms with Gasteiger partial charge in [0.1, 0.15) is 17.3 Å². The Balaban J connectivity index is 2.11. The number of ether oxygens (including phenoxy) is 2. The Morgan fingerprint density at radius 1 is 0.667 bits per heavy atom. The van der Waals surface area contributed by atoms with Gasteiger partial charge in [0, 0.05) is 18.9 Å². The van der Waals surface area contributed by atoms with Crippen molar-refractivity contribution in [3.8, 4) is 11.5 Å². The van der Waals surface area contributed by atoms with Crippen LogP contribution in [0, 0.1) is 0 Å². The molecule has 0 heterocycles. The molecule has 0 radical (unpaired) electrons. The number of ketones is 1. The number of hydrogen-bond acceptors (Lipinski definition) is 5. The van der Waals surface area contributed by atoms with Crippen LogP contribution in [0.2, 0.25) is 36.3 Å². The number of Topliss-reactive ketones (excluding diaryl/α,β-unsaturated/α-hetero) is 1. The van der Waals surface area contributed by atoms with E-state index in [1.807, 2.05) is 24.3 Å². The van der Waals surface area contributed by atoms with Gasteiger partial charge in [-0.2, -0.15) is 0 Å². The zero-order valence-electron chi connectivity index (χ0n) is 34.9. The van der Waals surface area contributed by atoms with Crippen LogP contribution in [0.15, 0.2) is 48.5 Å². The second kappa shape index (κ2) is 21.7. The molecule has 0 bridgehead atoms. The zero-order valence-corrected chi connectivity index (χ0v) is 36.9. The Kier molecular flexibility index (Phi) is 19.2. The lowest BCUT2D eigenvalue weighted by molar-refractivity contribution is -0.122. The average Bonchev–Trinajstić information content (AvgIpc) is 3.05. The Morgan fingerprint density at radius 3 is 1.71 bits per heavy atom. The van der Waals surface area contributed by atoms with Crippen molar-refractivity contribution in [2.24, 2.45) is 0 Å². The molecule has 2 aromatic rings. The smallest absolute Gasteiger partial charge is 0.250 e. The summed E-state index contributed by atoms with van der Waals surface area (Å²) in [6, 6.07) is 16.4. The molecule has 0 aliphatic carbocycles. The van der Waals surface area contributed by atoms with Gasteiger partial charge >= 0.3 is 0 Å². The van der Waals surface area contributed by atoms with Crippen LogP contribution in [-0.4, -0.2) is 41.7 Å². The van der Waals surface area contributed by atoms with Gasteiger partial charge in [0.15, 0.2) is 8.32 Å². The van der Waals surface area contributed by atoms with Gasteiger partial charge in [0.05, 0.1) is 19.8 Å². The summed E-state index contributed by atoms with van der Waals surface area (Å²) in [6.45, 7) is 25.7. The predicted octanol–water partition coefficient (Wildman–Crippen LogP) is 13.3. The maximum Gasteiger partial charge on any atom is 0.250 e. The minimum absolute atomic E-state index is 0.0811. The van der Waals surface area contributed by atoms with Crippen LogP contribution < -0.4 is 9.16 Å². The predicted molar refractivity (Wildman–Crippen MR) is 222 cm³/mol. The van der Waals surface area contributed by atoms with Crippen molar-refractivity contribution >= 4 is 22.4 Å². The number of carbonyl (C=O) groups is 1. The van der Waals surface area contributed by atoms with Crippen LogP contribution in [0.4, 0.5) is 0 Å². The summed E-state index contributed by atoms with van der Waals surface area (Å²) in [5.41, 5.74) is 2.24. The number of hydrogen-bond donors (Lipinski definition) is 0. The summed E-state index contributed by atoms with van der Waals surface area (Å²) in [4.78, 5) is 13.6. The SMILES string of the molecule is CCCCCCCCCCC[C@H](C[C@H](CC(=O)CCc1ccc(O[Si](C)(C)C(C)(C)C)cc1)OCc1ccc(OC)cc1)O[Si](C)(C)C(C)(C)C. The minimum Gasteiger partial charge on any atom is -0.544 e. The van der Waals surface area contributed by atoms with Gasteiger partial charge in [-0.3, -0.25) is 4.79 Å². The van der Waals surface area contributed by atoms with E-state index in [0.717, 1.165) is 41.9 Å². The van der Waals surface area contributed by atoms with Crippen LogP contribution in [-0.2, 0) is 27.0 Å². The number of aryl methyl sites for hydroxylation is 1. The third-order valence-electron chi connectivity index (χ3n) is 11.3. The lowest BCUT2D eigenvalue weighted by Gasteiger charge is -2.40. The van der Waals surface area contributed by atoms with Gasteiger partial charge in [-0.1, -0.05) is 131 Å². The summed E-state index contributed by atoms with van der Waals surface area (Å²) < 4.78 is 25.5. The normalized spacial score (nSPS) is 14.0. The maximum absolute atomic E-state index is 13.6. The minimum atomic E-state index is -2.02. The van der Waals surface area contributed by atoms with E-state index in [4.69, 9.17) is 18.3 Å². The molecule has 0 saturated heterocycles. The Bertz CT molecular complexity index is 1240. The van der Waals surface area contributed by atoms with Crippen molar-refractivity contribution in [1.29, 1.82) is 0 Å². The molecule has 5 nitrogen and oxygen atoms in total. The Hall–Kier alpha value is -1.94. The van der Waals surface area contributed by atoms with Crippen molar-refractivity contribution in [2.75, 3.05) is 7.11 Å². The molecule has 0 aromatic heterocycles. The highest BCUT2D eigenvalue weighted by Crippen LogP contribution is 2.39. The van der Waals surface area contributed by atoms with Crippen LogP contribution >= 0.6 is 0 Å². The molecular formula is C44H76O5Si2. The second-order valence-electron chi connectivity index (χ2n) is 17.9. The number of benzene rings is 2. The topological polar surface area (TPSA) is 54.0 Å². The molecule has 0 aliphatic heterocycles. The molecule has 0 saturated carbocycles. The van der Waals surface area contributed by atoms with Crippen molar-refractivity contribution in [3.05, 3.63) is 59.7 Å². The van der Waals surface area contributed by atoms with Gasteiger partial charge in [-0.05, 0) is 90.9 Å². The zero-order chi connectivity index (χ0) is 38.1. The lowest BCUT2D eigenvalue weighted by Crippen LogP contribution is -2.45. The number of unbranched alkanes of at least 4 members (excludes halogenated alkanes) is 8. The van der Waals surface area contributed by atoms with E-state index >= 15 is 0 Å². The molecule has 0 spiro atoms. The quantitative estimate of drug-likeness (QED) is 0.0749. The van der Waals surface area contributed by atoms with Gasteiger partial charge in [0.25, 0.3) is 0 Å². The summed E-state index contributed by atoms with van der Waals surface area (Å²) in [6.07, 6.45) is 15.0. The molecule has 290 valence electrons. The van der Waals surface area contributed by atoms with Crippen LogP contribution in [0.5, 0.6) is 11.5 Å². The molecule has 2 rings (SSSR count). The summed E-state index contributed by atoms with van der Waals surface area (Å²) in [5, 5.41) is 0.261. The fourth-order valence-electron chi connectivity index (χ4n) is 5.75. The maximum atomic E-state index is 13.6. The second-order valence-corrected chi connectivity index (χ2v) is 27.4. The van der Waals surface area contributed by atoms with Gasteiger partial charge in [-0.25, -0.2) is 0 Å². The van der Waals surface area contributed by atoms with E-state index < -0.39 is 16.6 Å². The molecule has 0 N–H and O–H groups in total. The van der Waals surface area contributed by atoms with E-state index in [-0.39, 0.29) is 28.1 Å². The van der Waals surface area contributed by atoms with Crippen LogP contribution in [0.3, 0.4) is 0 Å². The highest BCUT2D eigenvalue weighted by Gasteiger charge is 2.40. The Labute approximate surface area is 316 Å². The van der Waals surface area contributed by atoms with Crippen molar-refractivity contribution in [2.45, 2.75) is 193 Å². The van der Waals surface area contributed by atoms with Crippen molar-refractivity contribution < 1.29 is 23.1 Å². The fourth-order valence-corrected chi connectivity index (χ4v) is 8.18. The standard InChI is InChI=1S/C44H76O5Si2/c1-13-14-15-16-17-18-19-20-21-22-41(49-51(11,12)44(5,6)7)34-42(47-35-37-26-29-39(46-8)30-27-37)33-38(45)28-23-36-24-31-40(32-25-36)48-50(9,10)43(2,3)4/h24-27,29-32,41-42H,13-23,28,33-35H2,1-12H3/t41-,42+/m1/s1. The third-order valence-corrected chi connectivity index (χ3v) is 20.2. The van der Waals surface area contributed by atoms with Crippen molar-refractivity contribution in [1.82, 2.24) is 0 Å². The summed E-state index contributed by atoms with van der Waals surface area (Å²) >= 11 is 0. The van der Waals surface area contributed by atoms with E-state index in [2.05, 4.69) is 98.9 Å². The number of methoxy groups -OCH3 is 1. The van der Waals surface area contributed by atoms with E-state index in [1.54, 1.807) is 7.11 Å². The first-order valence-corrected chi connectivity index (χ1v) is 25.9. The molecule has 51 heavy (non-hydrogen) atoms. The molecule has 0 fully saturated rings. The fraction of sp³-hybridized carbons (Fsp3) is 0.705.